The number of hydrogen-bond acceptors (Lipinski definition) is 2. The molecule has 4 heteroatoms. The average Bonchev–Trinajstić information content (AvgIpc) is 2.46. The molecule has 0 fully saturated rings. The standard InChI is InChI=1S/C15H14ClNO2/c16-17-14(15(18)19)10-11-6-8-13(9-7-11)12-4-2-1-3-5-12/h1-9,14,17H,10H2,(H,18,19). The van der Waals surface area contributed by atoms with Gasteiger partial charge in [-0.05, 0) is 34.9 Å². The highest BCUT2D eigenvalue weighted by Crippen LogP contribution is 2.19. The van der Waals surface area contributed by atoms with Crippen molar-refractivity contribution >= 4 is 17.7 Å². The van der Waals surface area contributed by atoms with Crippen LogP contribution in [0.5, 0.6) is 0 Å². The van der Waals surface area contributed by atoms with Gasteiger partial charge < -0.3 is 5.11 Å². The third-order valence-corrected chi connectivity index (χ3v) is 3.19. The van der Waals surface area contributed by atoms with Gasteiger partial charge in [0.1, 0.15) is 6.04 Å². The molecule has 1 unspecified atom stereocenters. The predicted molar refractivity (Wildman–Crippen MR) is 76.0 cm³/mol. The molecule has 0 amide bonds. The van der Waals surface area contributed by atoms with Crippen molar-refractivity contribution in [1.82, 2.24) is 4.84 Å². The molecule has 2 aromatic carbocycles. The fourth-order valence-corrected chi connectivity index (χ4v) is 2.04. The van der Waals surface area contributed by atoms with Gasteiger partial charge in [0.15, 0.2) is 0 Å². The maximum Gasteiger partial charge on any atom is 0.322 e. The Labute approximate surface area is 117 Å². The van der Waals surface area contributed by atoms with Crippen LogP contribution in [0.25, 0.3) is 11.1 Å². The molecule has 0 aliphatic heterocycles. The van der Waals surface area contributed by atoms with Gasteiger partial charge in [-0.25, -0.2) is 4.84 Å². The zero-order valence-corrected chi connectivity index (χ0v) is 11.0. The molecule has 0 radical (unpaired) electrons. The van der Waals surface area contributed by atoms with Gasteiger partial charge in [0.2, 0.25) is 0 Å². The maximum absolute atomic E-state index is 10.9. The number of rotatable bonds is 5. The van der Waals surface area contributed by atoms with Crippen LogP contribution in [-0.4, -0.2) is 17.1 Å². The van der Waals surface area contributed by atoms with E-state index >= 15 is 0 Å². The molecule has 0 spiro atoms. The number of hydrogen-bond donors (Lipinski definition) is 2. The average molecular weight is 276 g/mol. The number of aliphatic carboxylic acids is 1. The summed E-state index contributed by atoms with van der Waals surface area (Å²) >= 11 is 5.41. The Morgan fingerprint density at radius 3 is 2.16 bits per heavy atom. The van der Waals surface area contributed by atoms with Gasteiger partial charge in [-0.15, -0.1) is 0 Å². The SMILES string of the molecule is O=C(O)C(Cc1ccc(-c2ccccc2)cc1)NCl. The summed E-state index contributed by atoms with van der Waals surface area (Å²) in [7, 11) is 0. The van der Waals surface area contributed by atoms with E-state index in [1.807, 2.05) is 54.6 Å². The summed E-state index contributed by atoms with van der Waals surface area (Å²) in [5.41, 5.74) is 3.18. The van der Waals surface area contributed by atoms with E-state index in [0.717, 1.165) is 16.7 Å². The molecule has 2 rings (SSSR count). The summed E-state index contributed by atoms with van der Waals surface area (Å²) in [6, 6.07) is 17.1. The Morgan fingerprint density at radius 1 is 1.05 bits per heavy atom. The molecule has 0 saturated heterocycles. The summed E-state index contributed by atoms with van der Waals surface area (Å²) in [5, 5.41) is 8.92. The summed E-state index contributed by atoms with van der Waals surface area (Å²) in [6.45, 7) is 0. The van der Waals surface area contributed by atoms with Gasteiger partial charge in [0.05, 0.1) is 0 Å². The molecule has 0 aliphatic carbocycles. The molecular weight excluding hydrogens is 262 g/mol. The van der Waals surface area contributed by atoms with Crippen molar-refractivity contribution in [2.24, 2.45) is 0 Å². The Bertz CT molecular complexity index is 540. The minimum atomic E-state index is -0.956. The lowest BCUT2D eigenvalue weighted by Crippen LogP contribution is -2.32. The normalized spacial score (nSPS) is 12.1. The van der Waals surface area contributed by atoms with Crippen LogP contribution in [0, 0.1) is 0 Å². The first-order valence-corrected chi connectivity index (χ1v) is 6.32. The molecule has 98 valence electrons. The topological polar surface area (TPSA) is 49.3 Å². The minimum Gasteiger partial charge on any atom is -0.480 e. The second kappa shape index (κ2) is 6.36. The monoisotopic (exact) mass is 275 g/mol. The van der Waals surface area contributed by atoms with E-state index in [0.29, 0.717) is 6.42 Å². The lowest BCUT2D eigenvalue weighted by molar-refractivity contribution is -0.138. The summed E-state index contributed by atoms with van der Waals surface area (Å²) in [4.78, 5) is 13.1. The third kappa shape index (κ3) is 3.56. The van der Waals surface area contributed by atoms with Crippen molar-refractivity contribution < 1.29 is 9.90 Å². The number of halogens is 1. The lowest BCUT2D eigenvalue weighted by atomic mass is 10.0. The first-order valence-electron chi connectivity index (χ1n) is 5.94. The Kier molecular flexibility index (Phi) is 4.55. The van der Waals surface area contributed by atoms with Gasteiger partial charge in [0, 0.05) is 0 Å². The van der Waals surface area contributed by atoms with Crippen LogP contribution in [0.3, 0.4) is 0 Å². The first-order chi connectivity index (χ1) is 9.20. The quantitative estimate of drug-likeness (QED) is 0.825. The van der Waals surface area contributed by atoms with Crippen molar-refractivity contribution in [3.05, 3.63) is 60.2 Å². The molecule has 0 aliphatic rings. The van der Waals surface area contributed by atoms with E-state index < -0.39 is 12.0 Å². The Hall–Kier alpha value is -1.84. The van der Waals surface area contributed by atoms with E-state index in [1.165, 1.54) is 0 Å². The summed E-state index contributed by atoms with van der Waals surface area (Å²) < 4.78 is 0. The fourth-order valence-electron chi connectivity index (χ4n) is 1.87. The molecule has 19 heavy (non-hydrogen) atoms. The number of benzene rings is 2. The van der Waals surface area contributed by atoms with Gasteiger partial charge in [0.25, 0.3) is 0 Å². The predicted octanol–water partition coefficient (Wildman–Crippen LogP) is 3.09. The molecule has 0 saturated carbocycles. The molecule has 3 nitrogen and oxygen atoms in total. The van der Waals surface area contributed by atoms with Gasteiger partial charge in [-0.1, -0.05) is 54.6 Å². The number of carbonyl (C=O) groups is 1. The van der Waals surface area contributed by atoms with Crippen molar-refractivity contribution in [2.75, 3.05) is 0 Å². The van der Waals surface area contributed by atoms with Crippen LogP contribution >= 0.6 is 11.8 Å². The van der Waals surface area contributed by atoms with Crippen molar-refractivity contribution in [1.29, 1.82) is 0 Å². The highest BCUT2D eigenvalue weighted by atomic mass is 35.5. The second-order valence-electron chi connectivity index (χ2n) is 4.27. The van der Waals surface area contributed by atoms with Crippen LogP contribution in [0.1, 0.15) is 5.56 Å². The zero-order chi connectivity index (χ0) is 13.7. The summed E-state index contributed by atoms with van der Waals surface area (Å²) in [6.07, 6.45) is 0.355. The highest BCUT2D eigenvalue weighted by Gasteiger charge is 2.16. The first kappa shape index (κ1) is 13.6. The van der Waals surface area contributed by atoms with Crippen LogP contribution < -0.4 is 4.84 Å². The molecule has 0 bridgehead atoms. The van der Waals surface area contributed by atoms with Gasteiger partial charge >= 0.3 is 5.97 Å². The minimum absolute atomic E-state index is 0.355. The van der Waals surface area contributed by atoms with Crippen LogP contribution in [-0.2, 0) is 11.2 Å². The third-order valence-electron chi connectivity index (χ3n) is 2.93. The van der Waals surface area contributed by atoms with E-state index in [2.05, 4.69) is 4.84 Å². The molecule has 0 heterocycles. The Balaban J connectivity index is 2.13. The summed E-state index contributed by atoms with van der Waals surface area (Å²) in [5.74, 6) is -0.956. The number of carboxylic acid groups (broad SMARTS) is 1. The molecule has 0 aromatic heterocycles. The second-order valence-corrected chi connectivity index (χ2v) is 4.49. The lowest BCUT2D eigenvalue weighted by Gasteiger charge is -2.10. The fraction of sp³-hybridized carbons (Fsp3) is 0.133. The van der Waals surface area contributed by atoms with Crippen molar-refractivity contribution in [3.8, 4) is 11.1 Å². The highest BCUT2D eigenvalue weighted by molar-refractivity contribution is 6.14. The van der Waals surface area contributed by atoms with E-state index in [-0.39, 0.29) is 0 Å². The van der Waals surface area contributed by atoms with Crippen molar-refractivity contribution in [3.63, 3.8) is 0 Å². The molecule has 2 N–H and O–H groups in total. The maximum atomic E-state index is 10.9. The number of nitrogens with one attached hydrogen (secondary N) is 1. The van der Waals surface area contributed by atoms with Crippen LogP contribution in [0.4, 0.5) is 0 Å². The van der Waals surface area contributed by atoms with E-state index in [4.69, 9.17) is 16.9 Å². The Morgan fingerprint density at radius 2 is 1.63 bits per heavy atom. The molecule has 1 atom stereocenters. The van der Waals surface area contributed by atoms with Crippen LogP contribution in [0.2, 0.25) is 0 Å². The van der Waals surface area contributed by atoms with Gasteiger partial charge in [-0.2, -0.15) is 0 Å². The van der Waals surface area contributed by atoms with E-state index in [1.54, 1.807) is 0 Å². The van der Waals surface area contributed by atoms with E-state index in [9.17, 15) is 4.79 Å². The zero-order valence-electron chi connectivity index (χ0n) is 10.2. The molecule has 2 aromatic rings. The largest absolute Gasteiger partial charge is 0.480 e. The smallest absolute Gasteiger partial charge is 0.322 e. The van der Waals surface area contributed by atoms with Gasteiger partial charge in [-0.3, -0.25) is 4.79 Å². The number of carboxylic acids is 1. The van der Waals surface area contributed by atoms with Crippen LogP contribution in [0.15, 0.2) is 54.6 Å². The molecular formula is C15H14ClNO2. The van der Waals surface area contributed by atoms with Crippen molar-refractivity contribution in [2.45, 2.75) is 12.5 Å².